The number of halogens is 1. The Morgan fingerprint density at radius 3 is 2.94 bits per heavy atom. The Morgan fingerprint density at radius 1 is 1.62 bits per heavy atom. The van der Waals surface area contributed by atoms with Gasteiger partial charge in [0.1, 0.15) is 0 Å². The van der Waals surface area contributed by atoms with Crippen molar-refractivity contribution in [2.75, 3.05) is 0 Å². The second-order valence-electron chi connectivity index (χ2n) is 4.32. The van der Waals surface area contributed by atoms with Crippen molar-refractivity contribution < 1.29 is 0 Å². The van der Waals surface area contributed by atoms with Crippen molar-refractivity contribution >= 4 is 11.6 Å². The Bertz CT molecular complexity index is 459. The molecule has 0 bridgehead atoms. The van der Waals surface area contributed by atoms with Gasteiger partial charge in [0, 0.05) is 18.9 Å². The fourth-order valence-corrected chi connectivity index (χ4v) is 1.51. The van der Waals surface area contributed by atoms with E-state index in [1.807, 2.05) is 13.8 Å². The van der Waals surface area contributed by atoms with Crippen LogP contribution in [0.5, 0.6) is 0 Å². The van der Waals surface area contributed by atoms with Gasteiger partial charge in [0.15, 0.2) is 5.15 Å². The Morgan fingerprint density at radius 2 is 2.31 bits per heavy atom. The molecule has 0 aliphatic heterocycles. The van der Waals surface area contributed by atoms with Crippen LogP contribution in [-0.2, 0) is 6.54 Å². The number of rotatable bonds is 4. The van der Waals surface area contributed by atoms with E-state index in [4.69, 9.17) is 16.9 Å². The van der Waals surface area contributed by atoms with Crippen LogP contribution in [0.2, 0.25) is 5.15 Å². The topological polar surface area (TPSA) is 58.7 Å². The fourth-order valence-electron chi connectivity index (χ4n) is 1.34. The number of hydrogen-bond acceptors (Lipinski definition) is 3. The summed E-state index contributed by atoms with van der Waals surface area (Å²) >= 11 is 5.61. The van der Waals surface area contributed by atoms with Crippen molar-refractivity contribution in [1.82, 2.24) is 9.55 Å². The molecule has 0 N–H and O–H groups in total. The van der Waals surface area contributed by atoms with E-state index in [0.717, 1.165) is 12.8 Å². The van der Waals surface area contributed by atoms with E-state index in [1.165, 1.54) is 10.8 Å². The summed E-state index contributed by atoms with van der Waals surface area (Å²) in [6, 6.07) is 2.23. The van der Waals surface area contributed by atoms with Crippen LogP contribution in [0.1, 0.15) is 26.7 Å². The Balaban J connectivity index is 2.60. The van der Waals surface area contributed by atoms with Gasteiger partial charge < -0.3 is 4.57 Å². The largest absolute Gasteiger partial charge is 0.311 e. The Hall–Kier alpha value is -1.34. The molecule has 0 fully saturated rings. The highest BCUT2D eigenvalue weighted by Crippen LogP contribution is 2.20. The van der Waals surface area contributed by atoms with E-state index in [1.54, 1.807) is 6.20 Å². The highest BCUT2D eigenvalue weighted by atomic mass is 35.5. The molecular formula is C11H14ClN3O. The zero-order valence-corrected chi connectivity index (χ0v) is 10.2. The van der Waals surface area contributed by atoms with Gasteiger partial charge in [-0.1, -0.05) is 11.6 Å². The molecule has 0 spiro atoms. The van der Waals surface area contributed by atoms with Crippen LogP contribution in [0, 0.1) is 16.7 Å². The van der Waals surface area contributed by atoms with Crippen LogP contribution in [0.4, 0.5) is 0 Å². The third kappa shape index (κ3) is 3.35. The molecule has 0 saturated heterocycles. The van der Waals surface area contributed by atoms with Gasteiger partial charge in [0.25, 0.3) is 5.56 Å². The first-order valence-electron chi connectivity index (χ1n) is 5.08. The summed E-state index contributed by atoms with van der Waals surface area (Å²) in [4.78, 5) is 15.2. The van der Waals surface area contributed by atoms with Gasteiger partial charge in [-0.15, -0.1) is 0 Å². The van der Waals surface area contributed by atoms with Crippen LogP contribution < -0.4 is 5.56 Å². The molecule has 86 valence electrons. The van der Waals surface area contributed by atoms with Crippen molar-refractivity contribution in [2.24, 2.45) is 5.41 Å². The summed E-state index contributed by atoms with van der Waals surface area (Å²) in [6.07, 6.45) is 4.61. The number of aryl methyl sites for hydroxylation is 1. The van der Waals surface area contributed by atoms with E-state index >= 15 is 0 Å². The molecule has 4 nitrogen and oxygen atoms in total. The first kappa shape index (κ1) is 12.7. The monoisotopic (exact) mass is 239 g/mol. The Kier molecular flexibility index (Phi) is 4.08. The molecule has 0 radical (unpaired) electrons. The van der Waals surface area contributed by atoms with Crippen molar-refractivity contribution in [3.63, 3.8) is 0 Å². The van der Waals surface area contributed by atoms with Crippen molar-refractivity contribution in [2.45, 2.75) is 33.2 Å². The van der Waals surface area contributed by atoms with Gasteiger partial charge >= 0.3 is 0 Å². The minimum Gasteiger partial charge on any atom is -0.311 e. The third-order valence-electron chi connectivity index (χ3n) is 2.38. The molecule has 0 unspecified atom stereocenters. The summed E-state index contributed by atoms with van der Waals surface area (Å²) in [6.45, 7) is 4.33. The molecule has 16 heavy (non-hydrogen) atoms. The fraction of sp³-hybridized carbons (Fsp3) is 0.545. The summed E-state index contributed by atoms with van der Waals surface area (Å²) < 4.78 is 1.52. The lowest BCUT2D eigenvalue weighted by atomic mass is 9.90. The van der Waals surface area contributed by atoms with Crippen molar-refractivity contribution in [3.05, 3.63) is 27.9 Å². The lowest BCUT2D eigenvalue weighted by Gasteiger charge is -2.14. The summed E-state index contributed by atoms with van der Waals surface area (Å²) in [5.74, 6) is 0. The van der Waals surface area contributed by atoms with Gasteiger partial charge in [-0.05, 0) is 26.7 Å². The molecule has 5 heteroatoms. The lowest BCUT2D eigenvalue weighted by Crippen LogP contribution is -2.21. The number of nitriles is 1. The number of aromatic nitrogens is 2. The molecule has 0 aliphatic rings. The molecule has 1 aromatic rings. The SMILES string of the molecule is CC(C)(C#N)CCCn1ccnc(Cl)c1=O. The highest BCUT2D eigenvalue weighted by molar-refractivity contribution is 6.29. The second-order valence-corrected chi connectivity index (χ2v) is 4.67. The maximum atomic E-state index is 11.5. The number of nitrogens with zero attached hydrogens (tertiary/aromatic N) is 3. The predicted octanol–water partition coefficient (Wildman–Crippen LogP) is 2.23. The van der Waals surface area contributed by atoms with Crippen LogP contribution in [0.25, 0.3) is 0 Å². The maximum absolute atomic E-state index is 11.5. The lowest BCUT2D eigenvalue weighted by molar-refractivity contribution is 0.413. The van der Waals surface area contributed by atoms with E-state index < -0.39 is 0 Å². The van der Waals surface area contributed by atoms with E-state index in [2.05, 4.69) is 11.1 Å². The van der Waals surface area contributed by atoms with E-state index in [0.29, 0.717) is 6.54 Å². The van der Waals surface area contributed by atoms with E-state index in [9.17, 15) is 4.79 Å². The smallest absolute Gasteiger partial charge is 0.288 e. The van der Waals surface area contributed by atoms with Gasteiger partial charge in [-0.3, -0.25) is 4.79 Å². The molecule has 0 amide bonds. The normalized spacial score (nSPS) is 11.1. The highest BCUT2D eigenvalue weighted by Gasteiger charge is 2.15. The summed E-state index contributed by atoms with van der Waals surface area (Å²) in [5, 5.41) is 8.83. The van der Waals surface area contributed by atoms with Crippen LogP contribution in [0.3, 0.4) is 0 Å². The summed E-state index contributed by atoms with van der Waals surface area (Å²) in [7, 11) is 0. The summed E-state index contributed by atoms with van der Waals surface area (Å²) in [5.41, 5.74) is -0.626. The molecule has 0 aromatic carbocycles. The van der Waals surface area contributed by atoms with Gasteiger partial charge in [-0.2, -0.15) is 5.26 Å². The minimum atomic E-state index is -0.347. The van der Waals surface area contributed by atoms with Crippen LogP contribution in [-0.4, -0.2) is 9.55 Å². The molecule has 0 atom stereocenters. The van der Waals surface area contributed by atoms with Crippen molar-refractivity contribution in [3.8, 4) is 6.07 Å². The average Bonchev–Trinajstić information content (AvgIpc) is 2.24. The van der Waals surface area contributed by atoms with Crippen LogP contribution in [0.15, 0.2) is 17.2 Å². The Labute approximate surface area is 99.5 Å². The molecule has 1 rings (SSSR count). The van der Waals surface area contributed by atoms with Gasteiger partial charge in [0.05, 0.1) is 11.5 Å². The third-order valence-corrected chi connectivity index (χ3v) is 2.63. The molecule has 0 aliphatic carbocycles. The molecule has 0 saturated carbocycles. The van der Waals surface area contributed by atoms with Crippen molar-refractivity contribution in [1.29, 1.82) is 5.26 Å². The first-order chi connectivity index (χ1) is 7.46. The maximum Gasteiger partial charge on any atom is 0.288 e. The van der Waals surface area contributed by atoms with Gasteiger partial charge in [0.2, 0.25) is 0 Å². The van der Waals surface area contributed by atoms with Crippen LogP contribution >= 0.6 is 11.6 Å². The zero-order valence-electron chi connectivity index (χ0n) is 9.40. The standard InChI is InChI=1S/C11H14ClN3O/c1-11(2,8-13)4-3-6-15-7-5-14-9(12)10(15)16/h5,7H,3-4,6H2,1-2H3. The average molecular weight is 240 g/mol. The second kappa shape index (κ2) is 5.13. The number of hydrogen-bond donors (Lipinski definition) is 0. The first-order valence-corrected chi connectivity index (χ1v) is 5.46. The zero-order chi connectivity index (χ0) is 12.2. The minimum absolute atomic E-state index is 0.0120. The molecular weight excluding hydrogens is 226 g/mol. The van der Waals surface area contributed by atoms with Gasteiger partial charge in [-0.25, -0.2) is 4.98 Å². The quantitative estimate of drug-likeness (QED) is 0.810. The molecule has 1 aromatic heterocycles. The van der Waals surface area contributed by atoms with E-state index in [-0.39, 0.29) is 16.1 Å². The predicted molar refractivity (Wildman–Crippen MR) is 62.1 cm³/mol. The molecule has 1 heterocycles.